The van der Waals surface area contributed by atoms with Gasteiger partial charge in [-0.25, -0.2) is 0 Å². The number of hydrogen-bond donors (Lipinski definition) is 2. The number of anilines is 2. The van der Waals surface area contributed by atoms with Crippen LogP contribution in [0.3, 0.4) is 0 Å². The molecule has 1 aliphatic rings. The lowest BCUT2D eigenvalue weighted by Crippen LogP contribution is -2.39. The predicted octanol–water partition coefficient (Wildman–Crippen LogP) is 0.925. The highest BCUT2D eigenvalue weighted by Crippen LogP contribution is 2.19. The van der Waals surface area contributed by atoms with Crippen LogP contribution in [0, 0.1) is 5.92 Å². The summed E-state index contributed by atoms with van der Waals surface area (Å²) in [6, 6.07) is 7.89. The fourth-order valence-electron chi connectivity index (χ4n) is 2.18. The van der Waals surface area contributed by atoms with Gasteiger partial charge in [0.15, 0.2) is 0 Å². The van der Waals surface area contributed by atoms with Crippen molar-refractivity contribution < 1.29 is 9.53 Å². The normalized spacial score (nSPS) is 22.3. The van der Waals surface area contributed by atoms with E-state index in [0.717, 1.165) is 11.4 Å². The van der Waals surface area contributed by atoms with E-state index in [2.05, 4.69) is 10.6 Å². The first kappa shape index (κ1) is 13.8. The zero-order chi connectivity index (χ0) is 13.8. The Kier molecular flexibility index (Phi) is 4.39. The lowest BCUT2D eigenvalue weighted by molar-refractivity contribution is -0.120. The van der Waals surface area contributed by atoms with Gasteiger partial charge in [-0.1, -0.05) is 0 Å². The zero-order valence-electron chi connectivity index (χ0n) is 11.6. The zero-order valence-corrected chi connectivity index (χ0v) is 11.6. The van der Waals surface area contributed by atoms with E-state index in [0.29, 0.717) is 13.2 Å². The molecular weight excluding hydrogens is 242 g/mol. The first-order valence-corrected chi connectivity index (χ1v) is 6.45. The van der Waals surface area contributed by atoms with Crippen LogP contribution in [0.1, 0.15) is 0 Å². The number of benzene rings is 1. The van der Waals surface area contributed by atoms with E-state index in [9.17, 15) is 4.79 Å². The monoisotopic (exact) mass is 263 g/mol. The molecule has 1 heterocycles. The van der Waals surface area contributed by atoms with Gasteiger partial charge in [0.1, 0.15) is 0 Å². The molecule has 0 saturated carbocycles. The molecule has 2 atom stereocenters. The van der Waals surface area contributed by atoms with Crippen molar-refractivity contribution in [3.8, 4) is 0 Å². The summed E-state index contributed by atoms with van der Waals surface area (Å²) < 4.78 is 5.34. The molecule has 5 nitrogen and oxygen atoms in total. The molecule has 1 amide bonds. The van der Waals surface area contributed by atoms with Crippen LogP contribution in [-0.4, -0.2) is 46.3 Å². The number of carbonyl (C=O) groups is 1. The smallest absolute Gasteiger partial charge is 0.231 e. The maximum Gasteiger partial charge on any atom is 0.231 e. The highest BCUT2D eigenvalue weighted by Gasteiger charge is 2.32. The van der Waals surface area contributed by atoms with Crippen LogP contribution < -0.4 is 15.5 Å². The molecule has 104 valence electrons. The van der Waals surface area contributed by atoms with Crippen LogP contribution in [0.5, 0.6) is 0 Å². The lowest BCUT2D eigenvalue weighted by atomic mass is 10.0. The summed E-state index contributed by atoms with van der Waals surface area (Å²) in [5.41, 5.74) is 1.92. The Morgan fingerprint density at radius 3 is 2.53 bits per heavy atom. The fourth-order valence-corrected chi connectivity index (χ4v) is 2.18. The van der Waals surface area contributed by atoms with Crippen molar-refractivity contribution in [2.24, 2.45) is 5.92 Å². The standard InChI is InChI=1S/C14H21N3O2/c1-15-13-9-19-8-12(13)14(18)16-10-4-6-11(7-5-10)17(2)3/h4-7,12-13,15H,8-9H2,1-3H3,(H,16,18). The largest absolute Gasteiger partial charge is 0.379 e. The molecular formula is C14H21N3O2. The summed E-state index contributed by atoms with van der Waals surface area (Å²) in [6.45, 7) is 1.07. The molecule has 2 rings (SSSR count). The SMILES string of the molecule is CNC1COCC1C(=O)Nc1ccc(N(C)C)cc1. The summed E-state index contributed by atoms with van der Waals surface area (Å²) >= 11 is 0. The maximum absolute atomic E-state index is 12.2. The van der Waals surface area contributed by atoms with Gasteiger partial charge in [-0.15, -0.1) is 0 Å². The van der Waals surface area contributed by atoms with Crippen molar-refractivity contribution in [3.63, 3.8) is 0 Å². The topological polar surface area (TPSA) is 53.6 Å². The predicted molar refractivity (Wildman–Crippen MR) is 76.6 cm³/mol. The molecule has 1 aromatic rings. The van der Waals surface area contributed by atoms with Gasteiger partial charge in [-0.2, -0.15) is 0 Å². The van der Waals surface area contributed by atoms with Gasteiger partial charge in [0.2, 0.25) is 5.91 Å². The number of amides is 1. The van der Waals surface area contributed by atoms with E-state index in [4.69, 9.17) is 4.74 Å². The maximum atomic E-state index is 12.2. The molecule has 5 heteroatoms. The van der Waals surface area contributed by atoms with Crippen molar-refractivity contribution in [2.45, 2.75) is 6.04 Å². The molecule has 19 heavy (non-hydrogen) atoms. The Morgan fingerprint density at radius 1 is 1.26 bits per heavy atom. The lowest BCUT2D eigenvalue weighted by Gasteiger charge is -2.17. The van der Waals surface area contributed by atoms with Gasteiger partial charge in [-0.3, -0.25) is 4.79 Å². The fraction of sp³-hybridized carbons (Fsp3) is 0.500. The van der Waals surface area contributed by atoms with E-state index in [-0.39, 0.29) is 17.9 Å². The summed E-state index contributed by atoms with van der Waals surface area (Å²) in [7, 11) is 5.83. The third-order valence-electron chi connectivity index (χ3n) is 3.44. The summed E-state index contributed by atoms with van der Waals surface area (Å²) in [6.07, 6.45) is 0. The van der Waals surface area contributed by atoms with E-state index >= 15 is 0 Å². The highest BCUT2D eigenvalue weighted by atomic mass is 16.5. The van der Waals surface area contributed by atoms with Gasteiger partial charge in [0.05, 0.1) is 19.1 Å². The minimum absolute atomic E-state index is 0.00875. The van der Waals surface area contributed by atoms with Gasteiger partial charge in [-0.05, 0) is 31.3 Å². The third-order valence-corrected chi connectivity index (χ3v) is 3.44. The quantitative estimate of drug-likeness (QED) is 0.848. The van der Waals surface area contributed by atoms with E-state index in [1.54, 1.807) is 0 Å². The molecule has 0 spiro atoms. The van der Waals surface area contributed by atoms with Crippen molar-refractivity contribution in [1.29, 1.82) is 0 Å². The second-order valence-corrected chi connectivity index (χ2v) is 4.97. The Labute approximate surface area is 113 Å². The van der Waals surface area contributed by atoms with Crippen LogP contribution in [0.2, 0.25) is 0 Å². The van der Waals surface area contributed by atoms with Crippen LogP contribution in [0.15, 0.2) is 24.3 Å². The number of nitrogens with one attached hydrogen (secondary N) is 2. The van der Waals surface area contributed by atoms with Crippen molar-refractivity contribution in [3.05, 3.63) is 24.3 Å². The van der Waals surface area contributed by atoms with Crippen LogP contribution in [-0.2, 0) is 9.53 Å². The third kappa shape index (κ3) is 3.24. The average molecular weight is 263 g/mol. The minimum Gasteiger partial charge on any atom is -0.379 e. The Bertz CT molecular complexity index is 431. The van der Waals surface area contributed by atoms with E-state index in [1.165, 1.54) is 0 Å². The van der Waals surface area contributed by atoms with Gasteiger partial charge >= 0.3 is 0 Å². The van der Waals surface area contributed by atoms with Crippen LogP contribution >= 0.6 is 0 Å². The molecule has 1 aromatic carbocycles. The molecule has 1 saturated heterocycles. The molecule has 0 radical (unpaired) electrons. The Balaban J connectivity index is 1.98. The Hall–Kier alpha value is -1.59. The van der Waals surface area contributed by atoms with Gasteiger partial charge in [0.25, 0.3) is 0 Å². The van der Waals surface area contributed by atoms with Crippen LogP contribution in [0.25, 0.3) is 0 Å². The minimum atomic E-state index is -0.126. The second kappa shape index (κ2) is 6.04. The number of nitrogens with zero attached hydrogens (tertiary/aromatic N) is 1. The first-order valence-electron chi connectivity index (χ1n) is 6.45. The average Bonchev–Trinajstić information content (AvgIpc) is 2.87. The second-order valence-electron chi connectivity index (χ2n) is 4.97. The molecule has 1 aliphatic heterocycles. The molecule has 1 fully saturated rings. The van der Waals surface area contributed by atoms with Crippen molar-refractivity contribution in [1.82, 2.24) is 5.32 Å². The number of rotatable bonds is 4. The summed E-state index contributed by atoms with van der Waals surface area (Å²) in [5, 5.41) is 6.05. The molecule has 2 unspecified atom stereocenters. The van der Waals surface area contributed by atoms with Crippen molar-refractivity contribution >= 4 is 17.3 Å². The number of carbonyl (C=O) groups excluding carboxylic acids is 1. The molecule has 0 bridgehead atoms. The number of ether oxygens (including phenoxy) is 1. The van der Waals surface area contributed by atoms with E-state index < -0.39 is 0 Å². The molecule has 0 aliphatic carbocycles. The number of hydrogen-bond acceptors (Lipinski definition) is 4. The first-order chi connectivity index (χ1) is 9.11. The van der Waals surface area contributed by atoms with Crippen molar-refractivity contribution in [2.75, 3.05) is 44.6 Å². The highest BCUT2D eigenvalue weighted by molar-refractivity contribution is 5.93. The molecule has 2 N–H and O–H groups in total. The van der Waals surface area contributed by atoms with Crippen LogP contribution in [0.4, 0.5) is 11.4 Å². The summed E-state index contributed by atoms with van der Waals surface area (Å²) in [4.78, 5) is 14.2. The number of likely N-dealkylation sites (N-methyl/N-ethyl adjacent to an activating group) is 1. The van der Waals surface area contributed by atoms with Gasteiger partial charge < -0.3 is 20.3 Å². The molecule has 0 aromatic heterocycles. The van der Waals surface area contributed by atoms with Gasteiger partial charge in [0, 0.05) is 31.5 Å². The van der Waals surface area contributed by atoms with E-state index in [1.807, 2.05) is 50.3 Å². The Morgan fingerprint density at radius 2 is 1.95 bits per heavy atom. The summed E-state index contributed by atoms with van der Waals surface area (Å²) in [5.74, 6) is -0.118.